The quantitative estimate of drug-likeness (QED) is 0.385. The molecule has 0 bridgehead atoms. The number of benzene rings is 2. The number of aromatic nitrogens is 1. The molecule has 130 valence electrons. The second-order valence-electron chi connectivity index (χ2n) is 5.13. The van der Waals surface area contributed by atoms with Crippen LogP contribution in [0, 0.1) is 10.1 Å². The SMILES string of the molecule is O=C(O)c1ccccc1C(=O)c1ccc(Nc2nccs2)c([N+](=O)[O-])c1. The van der Waals surface area contributed by atoms with E-state index in [-0.39, 0.29) is 28.1 Å². The molecular formula is C17H11N3O5S. The number of rotatable bonds is 6. The highest BCUT2D eigenvalue weighted by Crippen LogP contribution is 2.30. The van der Waals surface area contributed by atoms with Crippen LogP contribution in [0.4, 0.5) is 16.5 Å². The van der Waals surface area contributed by atoms with E-state index in [4.69, 9.17) is 0 Å². The summed E-state index contributed by atoms with van der Waals surface area (Å²) >= 11 is 1.27. The predicted octanol–water partition coefficient (Wildman–Crippen LogP) is 3.72. The number of nitro groups is 1. The van der Waals surface area contributed by atoms with E-state index < -0.39 is 16.7 Å². The molecule has 0 aliphatic heterocycles. The minimum atomic E-state index is -1.24. The highest BCUT2D eigenvalue weighted by atomic mass is 32.1. The summed E-state index contributed by atoms with van der Waals surface area (Å²) in [6, 6.07) is 9.65. The van der Waals surface area contributed by atoms with Gasteiger partial charge in [-0.1, -0.05) is 18.2 Å². The van der Waals surface area contributed by atoms with Crippen molar-refractivity contribution < 1.29 is 19.6 Å². The maximum absolute atomic E-state index is 12.7. The molecule has 1 heterocycles. The fourth-order valence-corrected chi connectivity index (χ4v) is 2.89. The van der Waals surface area contributed by atoms with Gasteiger partial charge in [0.1, 0.15) is 5.69 Å². The molecule has 0 radical (unpaired) electrons. The molecule has 0 fully saturated rings. The Morgan fingerprint density at radius 1 is 1.15 bits per heavy atom. The van der Waals surface area contributed by atoms with Crippen molar-refractivity contribution in [2.75, 3.05) is 5.32 Å². The van der Waals surface area contributed by atoms with E-state index in [2.05, 4.69) is 10.3 Å². The van der Waals surface area contributed by atoms with Crippen LogP contribution in [0.1, 0.15) is 26.3 Å². The molecule has 0 saturated carbocycles. The molecule has 0 spiro atoms. The molecule has 0 aliphatic rings. The Labute approximate surface area is 150 Å². The van der Waals surface area contributed by atoms with Gasteiger partial charge in [-0.3, -0.25) is 14.9 Å². The van der Waals surface area contributed by atoms with E-state index >= 15 is 0 Å². The number of ketones is 1. The van der Waals surface area contributed by atoms with Gasteiger partial charge < -0.3 is 10.4 Å². The van der Waals surface area contributed by atoms with Gasteiger partial charge >= 0.3 is 5.97 Å². The van der Waals surface area contributed by atoms with Gasteiger partial charge in [0, 0.05) is 28.8 Å². The van der Waals surface area contributed by atoms with Crippen LogP contribution in [0.5, 0.6) is 0 Å². The Kier molecular flexibility index (Phi) is 4.72. The molecule has 8 nitrogen and oxygen atoms in total. The van der Waals surface area contributed by atoms with Crippen LogP contribution in [-0.2, 0) is 0 Å². The van der Waals surface area contributed by atoms with Crippen LogP contribution in [0.3, 0.4) is 0 Å². The predicted molar refractivity (Wildman–Crippen MR) is 95.3 cm³/mol. The molecule has 2 aromatic carbocycles. The van der Waals surface area contributed by atoms with E-state index in [0.717, 1.165) is 6.07 Å². The third-order valence-electron chi connectivity index (χ3n) is 3.53. The summed E-state index contributed by atoms with van der Waals surface area (Å²) in [6.45, 7) is 0. The number of hydrogen-bond acceptors (Lipinski definition) is 7. The number of carbonyl (C=O) groups excluding carboxylic acids is 1. The average Bonchev–Trinajstić information content (AvgIpc) is 3.14. The lowest BCUT2D eigenvalue weighted by atomic mass is 9.98. The molecule has 3 aromatic rings. The van der Waals surface area contributed by atoms with Crippen molar-refractivity contribution in [1.29, 1.82) is 0 Å². The smallest absolute Gasteiger partial charge is 0.336 e. The summed E-state index contributed by atoms with van der Waals surface area (Å²) in [7, 11) is 0. The summed E-state index contributed by atoms with van der Waals surface area (Å²) < 4.78 is 0. The zero-order valence-electron chi connectivity index (χ0n) is 13.1. The number of nitrogens with zero attached hydrogens (tertiary/aromatic N) is 2. The lowest BCUT2D eigenvalue weighted by molar-refractivity contribution is -0.383. The van der Waals surface area contributed by atoms with Crippen molar-refractivity contribution in [3.8, 4) is 0 Å². The van der Waals surface area contributed by atoms with Crippen LogP contribution in [0.15, 0.2) is 54.0 Å². The Hall–Kier alpha value is -3.59. The largest absolute Gasteiger partial charge is 0.478 e. The zero-order chi connectivity index (χ0) is 18.7. The van der Waals surface area contributed by atoms with Crippen molar-refractivity contribution in [1.82, 2.24) is 4.98 Å². The summed E-state index contributed by atoms with van der Waals surface area (Å²) in [4.78, 5) is 38.7. The van der Waals surface area contributed by atoms with E-state index in [1.807, 2.05) is 0 Å². The van der Waals surface area contributed by atoms with Gasteiger partial charge in [-0.2, -0.15) is 0 Å². The molecule has 0 unspecified atom stereocenters. The summed E-state index contributed by atoms with van der Waals surface area (Å²) in [5.74, 6) is -1.85. The average molecular weight is 369 g/mol. The first-order chi connectivity index (χ1) is 12.5. The summed E-state index contributed by atoms with van der Waals surface area (Å²) in [6.07, 6.45) is 1.56. The minimum absolute atomic E-state index is 0.0232. The Bertz CT molecular complexity index is 1000. The first kappa shape index (κ1) is 17.2. The van der Waals surface area contributed by atoms with Crippen molar-refractivity contribution >= 4 is 39.6 Å². The van der Waals surface area contributed by atoms with Gasteiger partial charge in [0.2, 0.25) is 0 Å². The maximum atomic E-state index is 12.7. The molecule has 2 N–H and O–H groups in total. The third-order valence-corrected chi connectivity index (χ3v) is 4.22. The van der Waals surface area contributed by atoms with Gasteiger partial charge in [-0.05, 0) is 18.2 Å². The van der Waals surface area contributed by atoms with Crippen molar-refractivity contribution in [2.24, 2.45) is 0 Å². The highest BCUT2D eigenvalue weighted by Gasteiger charge is 2.22. The first-order valence-electron chi connectivity index (χ1n) is 7.29. The normalized spacial score (nSPS) is 10.3. The molecule has 0 amide bonds. The molecule has 3 rings (SSSR count). The van der Waals surface area contributed by atoms with Crippen molar-refractivity contribution in [3.05, 3.63) is 80.8 Å². The number of anilines is 2. The van der Waals surface area contributed by atoms with Crippen molar-refractivity contribution in [2.45, 2.75) is 0 Å². The van der Waals surface area contributed by atoms with Gasteiger partial charge in [-0.25, -0.2) is 9.78 Å². The Morgan fingerprint density at radius 2 is 1.88 bits per heavy atom. The lowest BCUT2D eigenvalue weighted by Gasteiger charge is -2.08. The molecule has 0 aliphatic carbocycles. The molecule has 9 heteroatoms. The first-order valence-corrected chi connectivity index (χ1v) is 8.17. The number of nitro benzene ring substituents is 1. The van der Waals surface area contributed by atoms with Gasteiger partial charge in [0.25, 0.3) is 5.69 Å². The Balaban J connectivity index is 2.01. The molecule has 1 aromatic heterocycles. The number of nitrogens with one attached hydrogen (secondary N) is 1. The van der Waals surface area contributed by atoms with Crippen LogP contribution in [0.25, 0.3) is 0 Å². The van der Waals surface area contributed by atoms with Crippen LogP contribution >= 0.6 is 11.3 Å². The van der Waals surface area contributed by atoms with Gasteiger partial charge in [-0.15, -0.1) is 11.3 Å². The lowest BCUT2D eigenvalue weighted by Crippen LogP contribution is -2.10. The van der Waals surface area contributed by atoms with E-state index in [0.29, 0.717) is 5.13 Å². The van der Waals surface area contributed by atoms with Crippen LogP contribution < -0.4 is 5.32 Å². The second-order valence-corrected chi connectivity index (χ2v) is 6.03. The van der Waals surface area contributed by atoms with Gasteiger partial charge in [0.15, 0.2) is 10.9 Å². The van der Waals surface area contributed by atoms with E-state index in [1.54, 1.807) is 11.6 Å². The fourth-order valence-electron chi connectivity index (χ4n) is 2.35. The third kappa shape index (κ3) is 3.42. The fraction of sp³-hybridized carbons (Fsp3) is 0. The monoisotopic (exact) mass is 369 g/mol. The number of aromatic carboxylic acids is 1. The molecular weight excluding hydrogens is 358 g/mol. The van der Waals surface area contributed by atoms with Crippen LogP contribution in [-0.4, -0.2) is 26.8 Å². The number of carboxylic acids is 1. The number of carbonyl (C=O) groups is 2. The molecule has 0 saturated heterocycles. The topological polar surface area (TPSA) is 122 Å². The highest BCUT2D eigenvalue weighted by molar-refractivity contribution is 7.13. The zero-order valence-corrected chi connectivity index (χ0v) is 13.9. The minimum Gasteiger partial charge on any atom is -0.478 e. The molecule has 26 heavy (non-hydrogen) atoms. The second kappa shape index (κ2) is 7.11. The van der Waals surface area contributed by atoms with E-state index in [1.165, 1.54) is 47.7 Å². The molecule has 0 atom stereocenters. The number of hydrogen-bond donors (Lipinski definition) is 2. The van der Waals surface area contributed by atoms with Gasteiger partial charge in [0.05, 0.1) is 10.5 Å². The van der Waals surface area contributed by atoms with Crippen LogP contribution in [0.2, 0.25) is 0 Å². The maximum Gasteiger partial charge on any atom is 0.336 e. The number of carboxylic acid groups (broad SMARTS) is 1. The summed E-state index contributed by atoms with van der Waals surface area (Å²) in [5, 5.41) is 25.6. The standard InChI is InChI=1S/C17H11N3O5S/c21-15(11-3-1-2-4-12(11)16(22)23)10-5-6-13(14(9-10)20(24)25)19-17-18-7-8-26-17/h1-9H,(H,18,19)(H,22,23). The number of thiazole rings is 1. The Morgan fingerprint density at radius 3 is 2.50 bits per heavy atom. The summed E-state index contributed by atoms with van der Waals surface area (Å²) in [5.41, 5.74) is -0.290. The van der Waals surface area contributed by atoms with Crippen molar-refractivity contribution in [3.63, 3.8) is 0 Å². The van der Waals surface area contributed by atoms with E-state index in [9.17, 15) is 24.8 Å².